The Balaban J connectivity index is 2.53. The first-order valence-electron chi connectivity index (χ1n) is 5.93. The molecule has 0 saturated carbocycles. The Morgan fingerprint density at radius 2 is 2.17 bits per heavy atom. The lowest BCUT2D eigenvalue weighted by atomic mass is 9.89. The van der Waals surface area contributed by atoms with Crippen LogP contribution in [0, 0.1) is 0 Å². The third kappa shape index (κ3) is 5.23. The number of hydrogen-bond donors (Lipinski definition) is 1. The first-order chi connectivity index (χ1) is 8.49. The van der Waals surface area contributed by atoms with Crippen LogP contribution in [0.1, 0.15) is 12.0 Å². The molecule has 0 bridgehead atoms. The highest BCUT2D eigenvalue weighted by Crippen LogP contribution is 2.12. The lowest BCUT2D eigenvalue weighted by Gasteiger charge is -2.12. The van der Waals surface area contributed by atoms with Crippen LogP contribution < -0.4 is 15.9 Å². The van der Waals surface area contributed by atoms with Gasteiger partial charge >= 0.3 is 0 Å². The number of benzene rings is 1. The van der Waals surface area contributed by atoms with Crippen LogP contribution in [0.2, 0.25) is 0 Å². The van der Waals surface area contributed by atoms with Crippen molar-refractivity contribution in [2.45, 2.75) is 12.8 Å². The Labute approximate surface area is 110 Å². The van der Waals surface area contributed by atoms with Crippen molar-refractivity contribution in [3.63, 3.8) is 0 Å². The van der Waals surface area contributed by atoms with Crippen molar-refractivity contribution >= 4 is 19.2 Å². The highest BCUT2D eigenvalue weighted by molar-refractivity contribution is 6.33. The van der Waals surface area contributed by atoms with Crippen LogP contribution in [-0.4, -0.2) is 45.9 Å². The van der Waals surface area contributed by atoms with Crippen LogP contribution in [0.4, 0.5) is 0 Å². The Bertz CT molecular complexity index is 408. The van der Waals surface area contributed by atoms with Crippen molar-refractivity contribution in [1.29, 1.82) is 0 Å². The largest absolute Gasteiger partial charge is 0.494 e. The summed E-state index contributed by atoms with van der Waals surface area (Å²) >= 11 is 0. The quantitative estimate of drug-likeness (QED) is 0.537. The van der Waals surface area contributed by atoms with Gasteiger partial charge in [-0.25, -0.2) is 0 Å². The molecule has 1 aromatic carbocycles. The van der Waals surface area contributed by atoms with Crippen LogP contribution in [0.25, 0.3) is 0 Å². The molecule has 0 aliphatic carbocycles. The molecule has 96 valence electrons. The van der Waals surface area contributed by atoms with Crippen molar-refractivity contribution in [1.82, 2.24) is 4.90 Å². The second-order valence-electron chi connectivity index (χ2n) is 4.51. The van der Waals surface area contributed by atoms with E-state index in [0.29, 0.717) is 17.6 Å². The first kappa shape index (κ1) is 14.6. The van der Waals surface area contributed by atoms with E-state index in [0.717, 1.165) is 18.7 Å². The predicted molar refractivity (Wildman–Crippen MR) is 73.4 cm³/mol. The number of nitrogens with two attached hydrogens (primary N) is 1. The van der Waals surface area contributed by atoms with Crippen molar-refractivity contribution in [3.05, 3.63) is 23.8 Å². The van der Waals surface area contributed by atoms with Gasteiger partial charge in [0.25, 0.3) is 0 Å². The Kier molecular flexibility index (Phi) is 5.72. The number of ether oxygens (including phenoxy) is 1. The number of carbonyl (C=O) groups excluding carboxylic acids is 1. The maximum Gasteiger partial charge on any atom is 0.221 e. The van der Waals surface area contributed by atoms with Gasteiger partial charge in [-0.2, -0.15) is 0 Å². The molecule has 0 fully saturated rings. The van der Waals surface area contributed by atoms with Gasteiger partial charge in [-0.05, 0) is 38.2 Å². The topological polar surface area (TPSA) is 55.6 Å². The van der Waals surface area contributed by atoms with Gasteiger partial charge in [0, 0.05) is 6.54 Å². The van der Waals surface area contributed by atoms with E-state index in [1.165, 1.54) is 0 Å². The molecule has 18 heavy (non-hydrogen) atoms. The summed E-state index contributed by atoms with van der Waals surface area (Å²) in [4.78, 5) is 13.0. The first-order valence-corrected chi connectivity index (χ1v) is 5.93. The van der Waals surface area contributed by atoms with E-state index in [9.17, 15) is 4.79 Å². The van der Waals surface area contributed by atoms with Crippen LogP contribution in [0.5, 0.6) is 5.75 Å². The average Bonchev–Trinajstić information content (AvgIpc) is 2.27. The summed E-state index contributed by atoms with van der Waals surface area (Å²) in [6, 6.07) is 5.31. The lowest BCUT2D eigenvalue weighted by Crippen LogP contribution is -2.20. The summed E-state index contributed by atoms with van der Waals surface area (Å²) < 4.78 is 5.60. The van der Waals surface area contributed by atoms with Crippen molar-refractivity contribution < 1.29 is 9.53 Å². The number of hydrogen-bond acceptors (Lipinski definition) is 3. The summed E-state index contributed by atoms with van der Waals surface area (Å²) in [5, 5.41) is 0. The molecule has 0 aliphatic rings. The smallest absolute Gasteiger partial charge is 0.221 e. The minimum Gasteiger partial charge on any atom is -0.494 e. The van der Waals surface area contributed by atoms with Gasteiger partial charge in [-0.3, -0.25) is 4.79 Å². The molecule has 0 heterocycles. The fourth-order valence-electron chi connectivity index (χ4n) is 1.58. The van der Waals surface area contributed by atoms with E-state index in [-0.39, 0.29) is 6.42 Å². The minimum absolute atomic E-state index is 0.140. The molecule has 1 rings (SSSR count). The summed E-state index contributed by atoms with van der Waals surface area (Å²) in [5.74, 6) is 0.325. The molecule has 2 radical (unpaired) electrons. The summed E-state index contributed by atoms with van der Waals surface area (Å²) in [6.07, 6.45) is 1.09. The van der Waals surface area contributed by atoms with Gasteiger partial charge in [-0.15, -0.1) is 0 Å². The third-order valence-electron chi connectivity index (χ3n) is 2.50. The van der Waals surface area contributed by atoms with Crippen LogP contribution in [0.3, 0.4) is 0 Å². The number of amides is 1. The number of nitrogens with zero attached hydrogens (tertiary/aromatic N) is 1. The zero-order valence-corrected chi connectivity index (χ0v) is 11.0. The Hall–Kier alpha value is -1.49. The van der Waals surface area contributed by atoms with Gasteiger partial charge < -0.3 is 15.4 Å². The van der Waals surface area contributed by atoms with Crippen LogP contribution in [0.15, 0.2) is 18.2 Å². The van der Waals surface area contributed by atoms with E-state index >= 15 is 0 Å². The molecular formula is C13H19BN2O2. The zero-order valence-electron chi connectivity index (χ0n) is 11.0. The zero-order chi connectivity index (χ0) is 13.5. The predicted octanol–water partition coefficient (Wildman–Crippen LogP) is -0.161. The molecule has 0 aliphatic heterocycles. The number of carbonyl (C=O) groups is 1. The molecular weight excluding hydrogens is 227 g/mol. The normalized spacial score (nSPS) is 10.6. The third-order valence-corrected chi connectivity index (χ3v) is 2.50. The van der Waals surface area contributed by atoms with Crippen molar-refractivity contribution in [3.8, 4) is 5.75 Å². The highest BCUT2D eigenvalue weighted by Gasteiger charge is 2.04. The Morgan fingerprint density at radius 1 is 1.44 bits per heavy atom. The fraction of sp³-hybridized carbons (Fsp3) is 0.462. The molecule has 5 heteroatoms. The summed E-state index contributed by atoms with van der Waals surface area (Å²) in [6.45, 7) is 1.61. The van der Waals surface area contributed by atoms with E-state index in [1.807, 2.05) is 14.1 Å². The average molecular weight is 246 g/mol. The van der Waals surface area contributed by atoms with Crippen molar-refractivity contribution in [2.24, 2.45) is 5.73 Å². The molecule has 0 spiro atoms. The molecule has 2 N–H and O–H groups in total. The van der Waals surface area contributed by atoms with Crippen molar-refractivity contribution in [2.75, 3.05) is 27.2 Å². The molecule has 0 aromatic heterocycles. The SMILES string of the molecule is [B]c1ccc(OCCCN(C)C)cc1CC(N)=O. The number of primary amides is 1. The van der Waals surface area contributed by atoms with Crippen LogP contribution >= 0.6 is 0 Å². The lowest BCUT2D eigenvalue weighted by molar-refractivity contribution is -0.117. The molecule has 1 amide bonds. The highest BCUT2D eigenvalue weighted by atomic mass is 16.5. The molecule has 0 saturated heterocycles. The minimum atomic E-state index is -0.397. The summed E-state index contributed by atoms with van der Waals surface area (Å²) in [7, 11) is 9.81. The van der Waals surface area contributed by atoms with E-state index in [4.69, 9.17) is 18.3 Å². The van der Waals surface area contributed by atoms with Gasteiger partial charge in [0.05, 0.1) is 13.0 Å². The maximum absolute atomic E-state index is 10.9. The van der Waals surface area contributed by atoms with E-state index < -0.39 is 5.91 Å². The molecule has 1 aromatic rings. The van der Waals surface area contributed by atoms with E-state index in [2.05, 4.69) is 4.90 Å². The second-order valence-corrected chi connectivity index (χ2v) is 4.51. The van der Waals surface area contributed by atoms with E-state index in [1.54, 1.807) is 18.2 Å². The Morgan fingerprint density at radius 3 is 2.78 bits per heavy atom. The molecule has 0 atom stereocenters. The van der Waals surface area contributed by atoms with Gasteiger partial charge in [0.15, 0.2) is 0 Å². The standard InChI is InChI=1S/C13H19BN2O2/c1-16(2)6-3-7-18-11-4-5-12(14)10(8-11)9-13(15)17/h4-5,8H,3,6-7,9H2,1-2H3,(H2,15,17). The maximum atomic E-state index is 10.9. The fourth-order valence-corrected chi connectivity index (χ4v) is 1.58. The second kappa shape index (κ2) is 7.06. The molecule has 0 unspecified atom stereocenters. The summed E-state index contributed by atoms with van der Waals surface area (Å²) in [5.41, 5.74) is 6.44. The van der Waals surface area contributed by atoms with Gasteiger partial charge in [-0.1, -0.05) is 11.5 Å². The number of rotatable bonds is 7. The monoisotopic (exact) mass is 246 g/mol. The van der Waals surface area contributed by atoms with Gasteiger partial charge in [0.1, 0.15) is 13.6 Å². The molecule has 4 nitrogen and oxygen atoms in total. The van der Waals surface area contributed by atoms with Crippen LogP contribution in [-0.2, 0) is 11.2 Å². The van der Waals surface area contributed by atoms with Gasteiger partial charge in [0.2, 0.25) is 5.91 Å².